The number of nitrogens with one attached hydrogen (secondary N) is 3. The minimum absolute atomic E-state index is 0.0498. The van der Waals surface area contributed by atoms with Crippen LogP contribution in [0.25, 0.3) is 0 Å². The third-order valence-corrected chi connectivity index (χ3v) is 6.93. The summed E-state index contributed by atoms with van der Waals surface area (Å²) in [5.41, 5.74) is 3.43. The Morgan fingerprint density at radius 3 is 2.94 bits per heavy atom. The molecule has 0 bridgehead atoms. The molecular formula is C21H24N8OS. The van der Waals surface area contributed by atoms with Gasteiger partial charge in [-0.2, -0.15) is 4.98 Å². The number of thiazole rings is 1. The number of anilines is 4. The maximum atomic E-state index is 12.9. The summed E-state index contributed by atoms with van der Waals surface area (Å²) < 4.78 is 0. The fourth-order valence-corrected chi connectivity index (χ4v) is 5.05. The van der Waals surface area contributed by atoms with E-state index in [2.05, 4.69) is 25.6 Å². The molecule has 3 aromatic rings. The van der Waals surface area contributed by atoms with Crippen LogP contribution in [0.3, 0.4) is 0 Å². The summed E-state index contributed by atoms with van der Waals surface area (Å²) in [5.74, 6) is 2.72. The Morgan fingerprint density at radius 2 is 2.10 bits per heavy atom. The predicted octanol–water partition coefficient (Wildman–Crippen LogP) is 3.37. The van der Waals surface area contributed by atoms with Crippen LogP contribution in [0.15, 0.2) is 17.8 Å². The van der Waals surface area contributed by atoms with Crippen molar-refractivity contribution in [1.29, 1.82) is 0 Å². The van der Waals surface area contributed by atoms with Crippen LogP contribution < -0.4 is 15.5 Å². The molecular weight excluding hydrogens is 412 g/mol. The monoisotopic (exact) mass is 436 g/mol. The van der Waals surface area contributed by atoms with Crippen LogP contribution >= 0.6 is 11.3 Å². The third-order valence-electron chi connectivity index (χ3n) is 6.25. The highest BCUT2D eigenvalue weighted by molar-refractivity contribution is 7.13. The normalized spacial score (nSPS) is 20.1. The van der Waals surface area contributed by atoms with Gasteiger partial charge < -0.3 is 20.5 Å². The van der Waals surface area contributed by atoms with Crippen LogP contribution in [-0.4, -0.2) is 43.4 Å². The zero-order valence-corrected chi connectivity index (χ0v) is 17.9. The molecule has 0 spiro atoms. The van der Waals surface area contributed by atoms with Crippen LogP contribution in [0.5, 0.6) is 0 Å². The highest BCUT2D eigenvalue weighted by Crippen LogP contribution is 2.39. The van der Waals surface area contributed by atoms with Crippen molar-refractivity contribution in [2.75, 3.05) is 22.1 Å². The van der Waals surface area contributed by atoms with Gasteiger partial charge in [-0.25, -0.2) is 15.0 Å². The summed E-state index contributed by atoms with van der Waals surface area (Å²) in [6.07, 6.45) is 10.8. The smallest absolute Gasteiger partial charge is 0.248 e. The van der Waals surface area contributed by atoms with E-state index in [1.807, 2.05) is 16.5 Å². The number of aryl methyl sites for hydroxylation is 1. The number of imidazole rings is 1. The summed E-state index contributed by atoms with van der Waals surface area (Å²) in [5, 5.41) is 8.81. The molecule has 2 aliphatic carbocycles. The van der Waals surface area contributed by atoms with Crippen molar-refractivity contribution in [2.24, 2.45) is 0 Å². The Labute approximate surface area is 183 Å². The molecule has 2 fully saturated rings. The van der Waals surface area contributed by atoms with Gasteiger partial charge in [-0.1, -0.05) is 0 Å². The molecule has 1 aliphatic heterocycles. The van der Waals surface area contributed by atoms with Gasteiger partial charge in [0.2, 0.25) is 17.8 Å². The Balaban J connectivity index is 1.27. The molecule has 31 heavy (non-hydrogen) atoms. The van der Waals surface area contributed by atoms with Crippen LogP contribution in [0.1, 0.15) is 55.0 Å². The maximum absolute atomic E-state index is 12.9. The van der Waals surface area contributed by atoms with E-state index in [-0.39, 0.29) is 11.9 Å². The Hall–Kier alpha value is -3.01. The van der Waals surface area contributed by atoms with Crippen molar-refractivity contribution < 1.29 is 4.79 Å². The summed E-state index contributed by atoms with van der Waals surface area (Å²) in [6, 6.07) is -0.290. The lowest BCUT2D eigenvalue weighted by Crippen LogP contribution is -2.40. The highest BCUT2D eigenvalue weighted by atomic mass is 32.1. The second kappa shape index (κ2) is 7.60. The van der Waals surface area contributed by atoms with E-state index >= 15 is 0 Å². The number of carbonyl (C=O) groups is 1. The topological polar surface area (TPSA) is 112 Å². The lowest BCUT2D eigenvalue weighted by molar-refractivity contribution is -0.117. The first kappa shape index (κ1) is 18.7. The summed E-state index contributed by atoms with van der Waals surface area (Å²) >= 11 is 1.42. The Morgan fingerprint density at radius 1 is 1.16 bits per heavy atom. The van der Waals surface area contributed by atoms with Gasteiger partial charge in [0.05, 0.1) is 11.9 Å². The molecule has 3 aliphatic rings. The van der Waals surface area contributed by atoms with Gasteiger partial charge in [0.1, 0.15) is 11.9 Å². The van der Waals surface area contributed by atoms with Crippen molar-refractivity contribution in [2.45, 2.75) is 56.9 Å². The summed E-state index contributed by atoms with van der Waals surface area (Å²) in [6.45, 7) is 0.765. The number of aromatic nitrogens is 5. The molecule has 1 unspecified atom stereocenters. The van der Waals surface area contributed by atoms with Gasteiger partial charge in [0.15, 0.2) is 5.13 Å². The quantitative estimate of drug-likeness (QED) is 0.543. The summed E-state index contributed by atoms with van der Waals surface area (Å²) in [4.78, 5) is 36.7. The van der Waals surface area contributed by atoms with Gasteiger partial charge in [0, 0.05) is 35.3 Å². The van der Waals surface area contributed by atoms with Crippen LogP contribution in [0, 0.1) is 0 Å². The van der Waals surface area contributed by atoms with E-state index in [1.54, 1.807) is 6.20 Å². The van der Waals surface area contributed by atoms with Gasteiger partial charge in [-0.05, 0) is 44.9 Å². The number of hydrogen-bond donors (Lipinski definition) is 3. The van der Waals surface area contributed by atoms with Crippen molar-refractivity contribution in [1.82, 2.24) is 24.9 Å². The molecule has 3 aromatic heterocycles. The molecule has 0 aromatic carbocycles. The fraction of sp³-hybridized carbons (Fsp3) is 0.476. The first-order chi connectivity index (χ1) is 15.2. The minimum atomic E-state index is -0.290. The molecule has 4 heterocycles. The number of aromatic amines is 1. The largest absolute Gasteiger partial charge is 0.329 e. The maximum Gasteiger partial charge on any atom is 0.248 e. The van der Waals surface area contributed by atoms with Gasteiger partial charge in [-0.15, -0.1) is 11.3 Å². The second-order valence-electron chi connectivity index (χ2n) is 8.42. The molecule has 6 rings (SSSR count). The van der Waals surface area contributed by atoms with E-state index < -0.39 is 0 Å². The Bertz CT molecular complexity index is 1110. The van der Waals surface area contributed by atoms with E-state index in [1.165, 1.54) is 29.9 Å². The van der Waals surface area contributed by atoms with Gasteiger partial charge in [0.25, 0.3) is 0 Å². The first-order valence-corrected chi connectivity index (χ1v) is 11.8. The number of rotatable bonds is 6. The number of fused-ring (bicyclic) bond motifs is 1. The standard InChI is InChI=1S/C21H24N8OS/c30-18(28-21-22-8-10-31-21)16-5-2-9-29(16)20-25-14-4-1-3-13(14)17(27-20)26-19-23-11-15(24-19)12-6-7-12/h8,10-12,16H,1-7,9H2,(H,22,28,30)(H2,23,24,25,26,27). The lowest BCUT2D eigenvalue weighted by Gasteiger charge is -2.24. The average Bonchev–Trinajstić information content (AvgIpc) is 3.27. The fourth-order valence-electron chi connectivity index (χ4n) is 4.52. The molecule has 1 saturated heterocycles. The molecule has 1 saturated carbocycles. The van der Waals surface area contributed by atoms with E-state index in [4.69, 9.17) is 9.97 Å². The third kappa shape index (κ3) is 3.65. The van der Waals surface area contributed by atoms with E-state index in [0.717, 1.165) is 61.7 Å². The molecule has 1 atom stereocenters. The van der Waals surface area contributed by atoms with Crippen LogP contribution in [0.2, 0.25) is 0 Å². The van der Waals surface area contributed by atoms with E-state index in [9.17, 15) is 4.79 Å². The number of hydrogen-bond acceptors (Lipinski definition) is 8. The molecule has 0 radical (unpaired) electrons. The SMILES string of the molecule is O=C(Nc1nccs1)C1CCCN1c1nc2c(c(Nc3ncc(C4CC4)[nH]3)n1)CCC2. The predicted molar refractivity (Wildman–Crippen MR) is 119 cm³/mol. The van der Waals surface area contributed by atoms with Crippen molar-refractivity contribution in [3.63, 3.8) is 0 Å². The molecule has 10 heteroatoms. The van der Waals surface area contributed by atoms with Crippen LogP contribution in [-0.2, 0) is 17.6 Å². The molecule has 3 N–H and O–H groups in total. The number of nitrogens with zero attached hydrogens (tertiary/aromatic N) is 5. The van der Waals surface area contributed by atoms with E-state index in [0.29, 0.717) is 17.0 Å². The zero-order valence-electron chi connectivity index (χ0n) is 17.1. The van der Waals surface area contributed by atoms with Gasteiger partial charge in [-0.3, -0.25) is 4.79 Å². The van der Waals surface area contributed by atoms with Crippen molar-refractivity contribution in [3.8, 4) is 0 Å². The zero-order chi connectivity index (χ0) is 20.8. The highest BCUT2D eigenvalue weighted by Gasteiger charge is 2.34. The van der Waals surface area contributed by atoms with Crippen molar-refractivity contribution in [3.05, 3.63) is 34.7 Å². The van der Waals surface area contributed by atoms with Crippen LogP contribution in [0.4, 0.5) is 22.8 Å². The number of amides is 1. The number of carbonyl (C=O) groups excluding carboxylic acids is 1. The molecule has 9 nitrogen and oxygen atoms in total. The average molecular weight is 437 g/mol. The first-order valence-electron chi connectivity index (χ1n) is 10.9. The molecule has 160 valence electrons. The van der Waals surface area contributed by atoms with Gasteiger partial charge >= 0.3 is 0 Å². The Kier molecular flexibility index (Phi) is 4.59. The molecule has 1 amide bonds. The minimum Gasteiger partial charge on any atom is -0.329 e. The number of H-pyrrole nitrogens is 1. The lowest BCUT2D eigenvalue weighted by atomic mass is 10.2. The summed E-state index contributed by atoms with van der Waals surface area (Å²) in [7, 11) is 0. The van der Waals surface area contributed by atoms with Crippen molar-refractivity contribution >= 4 is 40.1 Å². The second-order valence-corrected chi connectivity index (χ2v) is 9.31.